The molecule has 0 aliphatic heterocycles. The number of hydrogen-bond acceptors (Lipinski definition) is 2. The Morgan fingerprint density at radius 1 is 1.29 bits per heavy atom. The minimum absolute atomic E-state index is 0.717. The van der Waals surface area contributed by atoms with E-state index in [4.69, 9.17) is 11.6 Å². The molecule has 0 saturated heterocycles. The third-order valence-electron chi connectivity index (χ3n) is 2.88. The minimum atomic E-state index is 0.717. The van der Waals surface area contributed by atoms with Gasteiger partial charge in [0.2, 0.25) is 0 Å². The van der Waals surface area contributed by atoms with Crippen LogP contribution in [0.5, 0.6) is 0 Å². The molecule has 4 heteroatoms. The Labute approximate surface area is 106 Å². The number of benzene rings is 1. The van der Waals surface area contributed by atoms with Gasteiger partial charge in [0.1, 0.15) is 0 Å². The molecule has 0 amide bonds. The van der Waals surface area contributed by atoms with Crippen molar-refractivity contribution in [1.82, 2.24) is 15.1 Å². The molecule has 2 rings (SSSR count). The molecule has 0 saturated carbocycles. The number of halogens is 1. The summed E-state index contributed by atoms with van der Waals surface area (Å²) in [5.41, 5.74) is 4.33. The first-order valence-electron chi connectivity index (χ1n) is 5.59. The van der Waals surface area contributed by atoms with E-state index in [-0.39, 0.29) is 0 Å². The summed E-state index contributed by atoms with van der Waals surface area (Å²) < 4.78 is 1.91. The number of rotatable bonds is 3. The number of hydrogen-bond donors (Lipinski definition) is 1. The fourth-order valence-electron chi connectivity index (χ4n) is 1.97. The Bertz CT molecular complexity index is 531. The molecule has 1 heterocycles. The highest BCUT2D eigenvalue weighted by Crippen LogP contribution is 2.23. The predicted octanol–water partition coefficient (Wildman–Crippen LogP) is 2.86. The van der Waals surface area contributed by atoms with Crippen molar-refractivity contribution in [3.63, 3.8) is 0 Å². The summed E-state index contributed by atoms with van der Waals surface area (Å²) in [6.45, 7) is 4.91. The Kier molecular flexibility index (Phi) is 3.50. The van der Waals surface area contributed by atoms with Crippen LogP contribution in [0.15, 0.2) is 24.3 Å². The highest BCUT2D eigenvalue weighted by atomic mass is 35.5. The van der Waals surface area contributed by atoms with Crippen molar-refractivity contribution in [2.24, 2.45) is 0 Å². The predicted molar refractivity (Wildman–Crippen MR) is 70.8 cm³/mol. The van der Waals surface area contributed by atoms with E-state index in [1.807, 2.05) is 42.9 Å². The second-order valence-electron chi connectivity index (χ2n) is 4.04. The molecule has 1 N–H and O–H groups in total. The van der Waals surface area contributed by atoms with Crippen LogP contribution in [-0.2, 0) is 6.54 Å². The van der Waals surface area contributed by atoms with Crippen LogP contribution < -0.4 is 5.32 Å². The van der Waals surface area contributed by atoms with Crippen LogP contribution in [0.25, 0.3) is 5.69 Å². The van der Waals surface area contributed by atoms with Gasteiger partial charge in [-0.2, -0.15) is 5.10 Å². The van der Waals surface area contributed by atoms with Gasteiger partial charge in [0.05, 0.1) is 16.4 Å². The first-order chi connectivity index (χ1) is 8.15. The maximum absolute atomic E-state index is 6.19. The van der Waals surface area contributed by atoms with Gasteiger partial charge in [0, 0.05) is 17.8 Å². The Morgan fingerprint density at radius 2 is 2.00 bits per heavy atom. The quantitative estimate of drug-likeness (QED) is 0.907. The molecule has 17 heavy (non-hydrogen) atoms. The average molecular weight is 250 g/mol. The standard InChI is InChI=1S/C13H16ClN3/c1-9-11(8-15-3)10(2)17(16-9)13-7-5-4-6-12(13)14/h4-7,15H,8H2,1-3H3. The smallest absolute Gasteiger partial charge is 0.0835 e. The third kappa shape index (κ3) is 2.21. The average Bonchev–Trinajstić information content (AvgIpc) is 2.58. The fourth-order valence-corrected chi connectivity index (χ4v) is 2.18. The first-order valence-corrected chi connectivity index (χ1v) is 5.97. The van der Waals surface area contributed by atoms with E-state index in [0.29, 0.717) is 5.02 Å². The zero-order chi connectivity index (χ0) is 12.4. The van der Waals surface area contributed by atoms with E-state index in [2.05, 4.69) is 17.3 Å². The molecule has 90 valence electrons. The monoisotopic (exact) mass is 249 g/mol. The second kappa shape index (κ2) is 4.90. The highest BCUT2D eigenvalue weighted by molar-refractivity contribution is 6.32. The molecule has 0 unspecified atom stereocenters. The van der Waals surface area contributed by atoms with Crippen molar-refractivity contribution >= 4 is 11.6 Å². The van der Waals surface area contributed by atoms with Crippen molar-refractivity contribution in [3.8, 4) is 5.69 Å². The summed E-state index contributed by atoms with van der Waals surface area (Å²) in [6, 6.07) is 7.75. The zero-order valence-corrected chi connectivity index (χ0v) is 11.0. The maximum Gasteiger partial charge on any atom is 0.0835 e. The topological polar surface area (TPSA) is 29.9 Å². The van der Waals surface area contributed by atoms with Gasteiger partial charge in [-0.05, 0) is 33.0 Å². The number of nitrogens with zero attached hydrogens (tertiary/aromatic N) is 2. The van der Waals surface area contributed by atoms with Gasteiger partial charge in [-0.25, -0.2) is 4.68 Å². The van der Waals surface area contributed by atoms with E-state index in [1.165, 1.54) is 5.56 Å². The van der Waals surface area contributed by atoms with Gasteiger partial charge < -0.3 is 5.32 Å². The van der Waals surface area contributed by atoms with Crippen LogP contribution in [0.2, 0.25) is 5.02 Å². The summed E-state index contributed by atoms with van der Waals surface area (Å²) in [4.78, 5) is 0. The summed E-state index contributed by atoms with van der Waals surface area (Å²) in [5, 5.41) is 8.43. The number of aromatic nitrogens is 2. The lowest BCUT2D eigenvalue weighted by Crippen LogP contribution is -2.07. The van der Waals surface area contributed by atoms with Crippen LogP contribution in [0, 0.1) is 13.8 Å². The number of para-hydroxylation sites is 1. The number of nitrogens with one attached hydrogen (secondary N) is 1. The number of aryl methyl sites for hydroxylation is 1. The van der Waals surface area contributed by atoms with Crippen molar-refractivity contribution in [2.75, 3.05) is 7.05 Å². The van der Waals surface area contributed by atoms with Crippen LogP contribution >= 0.6 is 11.6 Å². The Morgan fingerprint density at radius 3 is 2.65 bits per heavy atom. The third-order valence-corrected chi connectivity index (χ3v) is 3.19. The van der Waals surface area contributed by atoms with Gasteiger partial charge >= 0.3 is 0 Å². The van der Waals surface area contributed by atoms with E-state index >= 15 is 0 Å². The van der Waals surface area contributed by atoms with E-state index in [0.717, 1.165) is 23.6 Å². The summed E-state index contributed by atoms with van der Waals surface area (Å²) in [6.07, 6.45) is 0. The van der Waals surface area contributed by atoms with Crippen molar-refractivity contribution in [3.05, 3.63) is 46.2 Å². The SMILES string of the molecule is CNCc1c(C)nn(-c2ccccc2Cl)c1C. The van der Waals surface area contributed by atoms with E-state index in [9.17, 15) is 0 Å². The summed E-state index contributed by atoms with van der Waals surface area (Å²) in [5.74, 6) is 0. The molecule has 2 aromatic rings. The molecule has 0 atom stereocenters. The molecule has 1 aromatic carbocycles. The van der Waals surface area contributed by atoms with E-state index in [1.54, 1.807) is 0 Å². The second-order valence-corrected chi connectivity index (χ2v) is 4.45. The lowest BCUT2D eigenvalue weighted by atomic mass is 10.2. The zero-order valence-electron chi connectivity index (χ0n) is 10.3. The van der Waals surface area contributed by atoms with Crippen LogP contribution in [0.1, 0.15) is 17.0 Å². The lowest BCUT2D eigenvalue weighted by molar-refractivity contribution is 0.801. The molecular weight excluding hydrogens is 234 g/mol. The fraction of sp³-hybridized carbons (Fsp3) is 0.308. The van der Waals surface area contributed by atoms with Gasteiger partial charge in [0.15, 0.2) is 0 Å². The Balaban J connectivity index is 2.54. The molecule has 3 nitrogen and oxygen atoms in total. The Hall–Kier alpha value is -1.32. The van der Waals surface area contributed by atoms with Crippen LogP contribution in [-0.4, -0.2) is 16.8 Å². The summed E-state index contributed by atoms with van der Waals surface area (Å²) >= 11 is 6.19. The van der Waals surface area contributed by atoms with Crippen molar-refractivity contribution in [1.29, 1.82) is 0 Å². The molecule has 1 aromatic heterocycles. The molecule has 0 fully saturated rings. The molecule has 0 bridgehead atoms. The molecule has 0 radical (unpaired) electrons. The molecule has 0 aliphatic carbocycles. The van der Waals surface area contributed by atoms with Gasteiger partial charge in [-0.15, -0.1) is 0 Å². The summed E-state index contributed by atoms with van der Waals surface area (Å²) in [7, 11) is 1.94. The van der Waals surface area contributed by atoms with Crippen LogP contribution in [0.3, 0.4) is 0 Å². The largest absolute Gasteiger partial charge is 0.316 e. The van der Waals surface area contributed by atoms with E-state index < -0.39 is 0 Å². The van der Waals surface area contributed by atoms with Crippen molar-refractivity contribution in [2.45, 2.75) is 20.4 Å². The van der Waals surface area contributed by atoms with Gasteiger partial charge in [-0.3, -0.25) is 0 Å². The molecular formula is C13H16ClN3. The first kappa shape index (κ1) is 12.1. The van der Waals surface area contributed by atoms with Crippen molar-refractivity contribution < 1.29 is 0 Å². The lowest BCUT2D eigenvalue weighted by Gasteiger charge is -2.07. The highest BCUT2D eigenvalue weighted by Gasteiger charge is 2.13. The molecule has 0 aliphatic rings. The van der Waals surface area contributed by atoms with Crippen LogP contribution in [0.4, 0.5) is 0 Å². The van der Waals surface area contributed by atoms with Gasteiger partial charge in [0.25, 0.3) is 0 Å². The molecule has 0 spiro atoms. The minimum Gasteiger partial charge on any atom is -0.316 e. The normalized spacial score (nSPS) is 10.8. The maximum atomic E-state index is 6.19. The van der Waals surface area contributed by atoms with Gasteiger partial charge in [-0.1, -0.05) is 23.7 Å².